The van der Waals surface area contributed by atoms with E-state index in [1.54, 1.807) is 48.5 Å². The van der Waals surface area contributed by atoms with Crippen molar-refractivity contribution in [3.8, 4) is 6.07 Å². The molecule has 0 heterocycles. The molecule has 2 aromatic rings. The summed E-state index contributed by atoms with van der Waals surface area (Å²) in [5.74, 6) is -1.14. The third kappa shape index (κ3) is 4.31. The molecule has 0 saturated carbocycles. The van der Waals surface area contributed by atoms with Gasteiger partial charge in [0.1, 0.15) is 6.04 Å². The molecular weight excluding hydrogens is 314 g/mol. The molecule has 23 heavy (non-hydrogen) atoms. The third-order valence-corrected chi connectivity index (χ3v) is 3.59. The summed E-state index contributed by atoms with van der Waals surface area (Å²) in [6, 6.07) is 14.4. The zero-order valence-electron chi connectivity index (χ0n) is 12.1. The summed E-state index contributed by atoms with van der Waals surface area (Å²) < 4.78 is 0. The number of benzene rings is 2. The third-order valence-electron chi connectivity index (χ3n) is 3.26. The van der Waals surface area contributed by atoms with Gasteiger partial charge in [0.15, 0.2) is 0 Å². The Morgan fingerprint density at radius 1 is 1.22 bits per heavy atom. The Bertz CT molecular complexity index is 783. The molecule has 0 aliphatic rings. The Morgan fingerprint density at radius 2 is 1.96 bits per heavy atom. The number of carbonyl (C=O) groups is 2. The van der Waals surface area contributed by atoms with E-state index >= 15 is 0 Å². The Morgan fingerprint density at radius 3 is 2.61 bits per heavy atom. The first-order valence-electron chi connectivity index (χ1n) is 6.85. The number of nitrogens with two attached hydrogens (primary N) is 1. The first-order valence-corrected chi connectivity index (χ1v) is 7.23. The number of amides is 2. The predicted molar refractivity (Wildman–Crippen MR) is 86.8 cm³/mol. The van der Waals surface area contributed by atoms with Crippen LogP contribution in [0.3, 0.4) is 0 Å². The zero-order chi connectivity index (χ0) is 16.8. The molecule has 2 amide bonds. The van der Waals surface area contributed by atoms with Gasteiger partial charge in [-0.1, -0.05) is 35.9 Å². The van der Waals surface area contributed by atoms with Gasteiger partial charge in [-0.3, -0.25) is 9.59 Å². The molecular formula is C17H14ClN3O2. The Balaban J connectivity index is 2.16. The standard InChI is InChI=1S/C17H14ClN3O2/c18-14-7-2-1-6-13(14)17(23)21-15(16(20)22)9-11-4-3-5-12(8-11)10-19/h1-8,15H,9H2,(H2,20,22)(H,21,23)/t15-/m1/s1. The van der Waals surface area contributed by atoms with E-state index < -0.39 is 17.9 Å². The van der Waals surface area contributed by atoms with Crippen LogP contribution in [0.4, 0.5) is 0 Å². The van der Waals surface area contributed by atoms with Crippen molar-refractivity contribution in [2.45, 2.75) is 12.5 Å². The highest BCUT2D eigenvalue weighted by Crippen LogP contribution is 2.15. The number of halogens is 1. The number of primary amides is 1. The molecule has 0 radical (unpaired) electrons. The number of rotatable bonds is 5. The second-order valence-corrected chi connectivity index (χ2v) is 5.33. The number of carbonyl (C=O) groups excluding carboxylic acids is 2. The molecule has 1 atom stereocenters. The van der Waals surface area contributed by atoms with Gasteiger partial charge in [0.25, 0.3) is 5.91 Å². The maximum absolute atomic E-state index is 12.2. The minimum absolute atomic E-state index is 0.195. The van der Waals surface area contributed by atoms with Crippen LogP contribution in [0.25, 0.3) is 0 Å². The van der Waals surface area contributed by atoms with E-state index in [0.29, 0.717) is 10.6 Å². The van der Waals surface area contributed by atoms with Gasteiger partial charge in [0.05, 0.1) is 22.2 Å². The molecule has 5 nitrogen and oxygen atoms in total. The number of hydrogen-bond acceptors (Lipinski definition) is 3. The average molecular weight is 328 g/mol. The number of nitrogens with zero attached hydrogens (tertiary/aromatic N) is 1. The van der Waals surface area contributed by atoms with Gasteiger partial charge in [0, 0.05) is 6.42 Å². The molecule has 2 aromatic carbocycles. The summed E-state index contributed by atoms with van der Waals surface area (Å²) in [4.78, 5) is 23.9. The minimum atomic E-state index is -0.896. The summed E-state index contributed by atoms with van der Waals surface area (Å²) >= 11 is 5.97. The first-order chi connectivity index (χ1) is 11.0. The molecule has 0 saturated heterocycles. The lowest BCUT2D eigenvalue weighted by Crippen LogP contribution is -2.45. The summed E-state index contributed by atoms with van der Waals surface area (Å²) in [5.41, 5.74) is 6.84. The monoisotopic (exact) mass is 327 g/mol. The van der Waals surface area contributed by atoms with Crippen molar-refractivity contribution in [2.24, 2.45) is 5.73 Å². The van der Waals surface area contributed by atoms with E-state index in [4.69, 9.17) is 22.6 Å². The van der Waals surface area contributed by atoms with Crippen molar-refractivity contribution in [3.63, 3.8) is 0 Å². The Labute approximate surface area is 138 Å². The molecule has 0 aliphatic carbocycles. The number of hydrogen-bond donors (Lipinski definition) is 2. The molecule has 116 valence electrons. The van der Waals surface area contributed by atoms with E-state index in [1.165, 1.54) is 0 Å². The van der Waals surface area contributed by atoms with Crippen molar-refractivity contribution in [1.82, 2.24) is 5.32 Å². The molecule has 0 aromatic heterocycles. The van der Waals surface area contributed by atoms with Gasteiger partial charge in [-0.15, -0.1) is 0 Å². The van der Waals surface area contributed by atoms with Gasteiger partial charge >= 0.3 is 0 Å². The first kappa shape index (κ1) is 16.5. The van der Waals surface area contributed by atoms with Gasteiger partial charge in [-0.05, 0) is 29.8 Å². The van der Waals surface area contributed by atoms with E-state index in [1.807, 2.05) is 6.07 Å². The summed E-state index contributed by atoms with van der Waals surface area (Å²) in [6.07, 6.45) is 0.195. The van der Waals surface area contributed by atoms with E-state index in [2.05, 4.69) is 5.32 Å². The van der Waals surface area contributed by atoms with Gasteiger partial charge < -0.3 is 11.1 Å². The fourth-order valence-corrected chi connectivity index (χ4v) is 2.33. The van der Waals surface area contributed by atoms with Crippen LogP contribution in [0.2, 0.25) is 5.02 Å². The lowest BCUT2D eigenvalue weighted by Gasteiger charge is -2.16. The fraction of sp³-hybridized carbons (Fsp3) is 0.118. The SMILES string of the molecule is N#Cc1cccc(C[C@@H](NC(=O)c2ccccc2Cl)C(N)=O)c1. The second kappa shape index (κ2) is 7.43. The van der Waals surface area contributed by atoms with Crippen molar-refractivity contribution >= 4 is 23.4 Å². The largest absolute Gasteiger partial charge is 0.368 e. The van der Waals surface area contributed by atoms with Crippen molar-refractivity contribution in [2.75, 3.05) is 0 Å². The van der Waals surface area contributed by atoms with Crippen LogP contribution in [0.15, 0.2) is 48.5 Å². The number of nitriles is 1. The highest BCUT2D eigenvalue weighted by atomic mass is 35.5. The minimum Gasteiger partial charge on any atom is -0.368 e. The Kier molecular flexibility index (Phi) is 5.34. The molecule has 3 N–H and O–H groups in total. The highest BCUT2D eigenvalue weighted by Gasteiger charge is 2.20. The summed E-state index contributed by atoms with van der Waals surface area (Å²) in [7, 11) is 0. The van der Waals surface area contributed by atoms with Crippen molar-refractivity contribution in [3.05, 3.63) is 70.2 Å². The predicted octanol–water partition coefficient (Wildman–Crippen LogP) is 2.04. The molecule has 0 aliphatic heterocycles. The van der Waals surface area contributed by atoms with Crippen LogP contribution in [-0.2, 0) is 11.2 Å². The van der Waals surface area contributed by atoms with E-state index in [9.17, 15) is 9.59 Å². The highest BCUT2D eigenvalue weighted by molar-refractivity contribution is 6.33. The maximum Gasteiger partial charge on any atom is 0.253 e. The van der Waals surface area contributed by atoms with Gasteiger partial charge in [-0.2, -0.15) is 5.26 Å². The molecule has 0 bridgehead atoms. The Hall–Kier alpha value is -2.84. The van der Waals surface area contributed by atoms with Gasteiger partial charge in [-0.25, -0.2) is 0 Å². The van der Waals surface area contributed by atoms with Crippen molar-refractivity contribution < 1.29 is 9.59 Å². The van der Waals surface area contributed by atoms with Gasteiger partial charge in [0.2, 0.25) is 5.91 Å². The molecule has 0 fully saturated rings. The number of nitrogens with one attached hydrogen (secondary N) is 1. The second-order valence-electron chi connectivity index (χ2n) is 4.92. The van der Waals surface area contributed by atoms with Crippen LogP contribution in [0.5, 0.6) is 0 Å². The fourth-order valence-electron chi connectivity index (χ4n) is 2.11. The normalized spacial score (nSPS) is 11.3. The van der Waals surface area contributed by atoms with Crippen LogP contribution in [0.1, 0.15) is 21.5 Å². The zero-order valence-corrected chi connectivity index (χ0v) is 12.9. The molecule has 2 rings (SSSR count). The topological polar surface area (TPSA) is 96.0 Å². The van der Waals surface area contributed by atoms with Crippen LogP contribution in [-0.4, -0.2) is 17.9 Å². The van der Waals surface area contributed by atoms with E-state index in [0.717, 1.165) is 5.56 Å². The lowest BCUT2D eigenvalue weighted by atomic mass is 10.0. The maximum atomic E-state index is 12.2. The van der Waals surface area contributed by atoms with Crippen LogP contribution >= 0.6 is 11.6 Å². The van der Waals surface area contributed by atoms with Crippen LogP contribution < -0.4 is 11.1 Å². The summed E-state index contributed by atoms with van der Waals surface area (Å²) in [6.45, 7) is 0. The molecule has 6 heteroatoms. The summed E-state index contributed by atoms with van der Waals surface area (Å²) in [5, 5.41) is 11.8. The lowest BCUT2D eigenvalue weighted by molar-refractivity contribution is -0.119. The van der Waals surface area contributed by atoms with Crippen LogP contribution in [0, 0.1) is 11.3 Å². The van der Waals surface area contributed by atoms with E-state index in [-0.39, 0.29) is 12.0 Å². The van der Waals surface area contributed by atoms with Crippen molar-refractivity contribution in [1.29, 1.82) is 5.26 Å². The smallest absolute Gasteiger partial charge is 0.253 e. The quantitative estimate of drug-likeness (QED) is 0.879. The molecule has 0 unspecified atom stereocenters. The average Bonchev–Trinajstić information content (AvgIpc) is 2.54. The molecule has 0 spiro atoms.